The van der Waals surface area contributed by atoms with Crippen molar-refractivity contribution in [3.05, 3.63) is 30.1 Å². The lowest BCUT2D eigenvalue weighted by Crippen LogP contribution is -2.42. The molecule has 5 heteroatoms. The third kappa shape index (κ3) is 2.23. The van der Waals surface area contributed by atoms with E-state index in [-0.39, 0.29) is 24.3 Å². The summed E-state index contributed by atoms with van der Waals surface area (Å²) in [7, 11) is 0. The van der Waals surface area contributed by atoms with E-state index < -0.39 is 0 Å². The van der Waals surface area contributed by atoms with Gasteiger partial charge in [-0.2, -0.15) is 0 Å². The predicted octanol–water partition coefficient (Wildman–Crippen LogP) is 1.85. The molecule has 2 heterocycles. The second kappa shape index (κ2) is 4.50. The SMILES string of the molecule is CC1CC(=O)N(Cc2nc3ccccc3[nH]2)C(=O)C1. The number of benzene rings is 1. The van der Waals surface area contributed by atoms with Gasteiger partial charge in [-0.15, -0.1) is 0 Å². The van der Waals surface area contributed by atoms with Gasteiger partial charge in [0.1, 0.15) is 5.82 Å². The summed E-state index contributed by atoms with van der Waals surface area (Å²) < 4.78 is 0. The third-order valence-corrected chi connectivity index (χ3v) is 3.39. The summed E-state index contributed by atoms with van der Waals surface area (Å²) in [6.45, 7) is 2.16. The molecule has 0 radical (unpaired) electrons. The Hall–Kier alpha value is -2.17. The van der Waals surface area contributed by atoms with Gasteiger partial charge in [0, 0.05) is 12.8 Å². The zero-order valence-electron chi connectivity index (χ0n) is 10.7. The van der Waals surface area contributed by atoms with Crippen LogP contribution in [0.3, 0.4) is 0 Å². The first-order valence-corrected chi connectivity index (χ1v) is 6.40. The van der Waals surface area contributed by atoms with Crippen LogP contribution in [-0.2, 0) is 16.1 Å². The number of rotatable bonds is 2. The van der Waals surface area contributed by atoms with E-state index in [1.54, 1.807) is 0 Å². The molecule has 0 bridgehead atoms. The number of likely N-dealkylation sites (tertiary alicyclic amines) is 1. The Morgan fingerprint density at radius 2 is 1.95 bits per heavy atom. The number of nitrogens with zero attached hydrogens (tertiary/aromatic N) is 2. The number of carbonyl (C=O) groups excluding carboxylic acids is 2. The average Bonchev–Trinajstić information content (AvgIpc) is 2.76. The number of carbonyl (C=O) groups is 2. The van der Waals surface area contributed by atoms with Gasteiger partial charge in [0.05, 0.1) is 17.6 Å². The van der Waals surface area contributed by atoms with Crippen molar-refractivity contribution in [2.24, 2.45) is 5.92 Å². The lowest BCUT2D eigenvalue weighted by molar-refractivity contribution is -0.150. The molecular formula is C14H15N3O2. The summed E-state index contributed by atoms with van der Waals surface area (Å²) in [6, 6.07) is 7.65. The second-order valence-corrected chi connectivity index (χ2v) is 5.09. The van der Waals surface area contributed by atoms with Gasteiger partial charge in [-0.25, -0.2) is 4.98 Å². The summed E-state index contributed by atoms with van der Waals surface area (Å²) in [5, 5.41) is 0. The molecule has 1 aliphatic rings. The van der Waals surface area contributed by atoms with Crippen molar-refractivity contribution < 1.29 is 9.59 Å². The summed E-state index contributed by atoms with van der Waals surface area (Å²) in [4.78, 5) is 32.6. The Balaban J connectivity index is 1.84. The monoisotopic (exact) mass is 257 g/mol. The highest BCUT2D eigenvalue weighted by atomic mass is 16.2. The van der Waals surface area contributed by atoms with Gasteiger partial charge in [-0.3, -0.25) is 14.5 Å². The number of aromatic nitrogens is 2. The summed E-state index contributed by atoms with van der Waals surface area (Å²) in [5.41, 5.74) is 1.77. The molecule has 1 fully saturated rings. The van der Waals surface area contributed by atoms with Crippen LogP contribution in [0.4, 0.5) is 0 Å². The topological polar surface area (TPSA) is 66.1 Å². The van der Waals surface area contributed by atoms with Crippen LogP contribution < -0.4 is 0 Å². The highest BCUT2D eigenvalue weighted by Crippen LogP contribution is 2.21. The van der Waals surface area contributed by atoms with Crippen molar-refractivity contribution in [1.82, 2.24) is 14.9 Å². The Kier molecular flexibility index (Phi) is 2.81. The maximum absolute atomic E-state index is 11.9. The number of hydrogen-bond acceptors (Lipinski definition) is 3. The second-order valence-electron chi connectivity index (χ2n) is 5.09. The van der Waals surface area contributed by atoms with Crippen molar-refractivity contribution in [1.29, 1.82) is 0 Å². The normalized spacial score (nSPS) is 17.4. The van der Waals surface area contributed by atoms with Crippen LogP contribution in [0.1, 0.15) is 25.6 Å². The first-order chi connectivity index (χ1) is 9.13. The summed E-state index contributed by atoms with van der Waals surface area (Å²) in [6.07, 6.45) is 0.873. The van der Waals surface area contributed by atoms with E-state index in [4.69, 9.17) is 0 Å². The molecule has 1 N–H and O–H groups in total. The number of para-hydroxylation sites is 2. The molecule has 1 aromatic carbocycles. The molecule has 1 aliphatic heterocycles. The molecule has 0 saturated carbocycles. The van der Waals surface area contributed by atoms with Crippen molar-refractivity contribution >= 4 is 22.8 Å². The molecule has 1 aromatic heterocycles. The fourth-order valence-corrected chi connectivity index (χ4v) is 2.43. The molecule has 0 atom stereocenters. The van der Waals surface area contributed by atoms with Gasteiger partial charge in [0.25, 0.3) is 0 Å². The highest BCUT2D eigenvalue weighted by Gasteiger charge is 2.30. The fraction of sp³-hybridized carbons (Fsp3) is 0.357. The minimum Gasteiger partial charge on any atom is -0.340 e. The van der Waals surface area contributed by atoms with Crippen LogP contribution in [0.15, 0.2) is 24.3 Å². The quantitative estimate of drug-likeness (QED) is 0.835. The van der Waals surface area contributed by atoms with Gasteiger partial charge in [-0.05, 0) is 18.1 Å². The Morgan fingerprint density at radius 3 is 2.63 bits per heavy atom. The van der Waals surface area contributed by atoms with E-state index in [1.165, 1.54) is 4.90 Å². The third-order valence-electron chi connectivity index (χ3n) is 3.39. The Bertz CT molecular complexity index is 596. The molecule has 2 amide bonds. The molecular weight excluding hydrogens is 242 g/mol. The predicted molar refractivity (Wildman–Crippen MR) is 70.0 cm³/mol. The number of fused-ring (bicyclic) bond motifs is 1. The number of H-pyrrole nitrogens is 1. The highest BCUT2D eigenvalue weighted by molar-refractivity contribution is 5.97. The zero-order valence-corrected chi connectivity index (χ0v) is 10.7. The van der Waals surface area contributed by atoms with Crippen molar-refractivity contribution in [3.63, 3.8) is 0 Å². The molecule has 0 aliphatic carbocycles. The summed E-state index contributed by atoms with van der Waals surface area (Å²) in [5.74, 6) is 0.581. The minimum absolute atomic E-state index is 0.107. The number of nitrogens with one attached hydrogen (secondary N) is 1. The number of aromatic amines is 1. The molecule has 5 nitrogen and oxygen atoms in total. The summed E-state index contributed by atoms with van der Waals surface area (Å²) >= 11 is 0. The van der Waals surface area contributed by atoms with E-state index in [2.05, 4.69) is 9.97 Å². The van der Waals surface area contributed by atoms with Crippen LogP contribution in [0.25, 0.3) is 11.0 Å². The van der Waals surface area contributed by atoms with E-state index in [1.807, 2.05) is 31.2 Å². The number of imidazole rings is 1. The smallest absolute Gasteiger partial charge is 0.229 e. The number of piperidine rings is 1. The molecule has 98 valence electrons. The van der Waals surface area contributed by atoms with E-state index >= 15 is 0 Å². The lowest BCUT2D eigenvalue weighted by Gasteiger charge is -2.27. The standard InChI is InChI=1S/C14H15N3O2/c1-9-6-13(18)17(14(19)7-9)8-12-15-10-4-2-3-5-11(10)16-12/h2-5,9H,6-8H2,1H3,(H,15,16). The minimum atomic E-state index is -0.107. The first-order valence-electron chi connectivity index (χ1n) is 6.40. The number of imide groups is 1. The maximum Gasteiger partial charge on any atom is 0.229 e. The zero-order chi connectivity index (χ0) is 13.4. The molecule has 0 spiro atoms. The largest absolute Gasteiger partial charge is 0.340 e. The van der Waals surface area contributed by atoms with Crippen LogP contribution in [0, 0.1) is 5.92 Å². The van der Waals surface area contributed by atoms with Crippen LogP contribution >= 0.6 is 0 Å². The Labute approximate surface area is 110 Å². The molecule has 0 unspecified atom stereocenters. The lowest BCUT2D eigenvalue weighted by atomic mass is 9.98. The van der Waals surface area contributed by atoms with Gasteiger partial charge in [0.15, 0.2) is 0 Å². The van der Waals surface area contributed by atoms with Gasteiger partial charge in [0.2, 0.25) is 11.8 Å². The van der Waals surface area contributed by atoms with Gasteiger partial charge in [-0.1, -0.05) is 19.1 Å². The number of amides is 2. The molecule has 2 aromatic rings. The van der Waals surface area contributed by atoms with Crippen molar-refractivity contribution in [2.75, 3.05) is 0 Å². The molecule has 1 saturated heterocycles. The fourth-order valence-electron chi connectivity index (χ4n) is 2.43. The first kappa shape index (κ1) is 11.9. The van der Waals surface area contributed by atoms with Crippen LogP contribution in [-0.4, -0.2) is 26.7 Å². The van der Waals surface area contributed by atoms with E-state index in [9.17, 15) is 9.59 Å². The van der Waals surface area contributed by atoms with E-state index in [0.29, 0.717) is 18.7 Å². The average molecular weight is 257 g/mol. The van der Waals surface area contributed by atoms with E-state index in [0.717, 1.165) is 11.0 Å². The van der Waals surface area contributed by atoms with Crippen molar-refractivity contribution in [3.8, 4) is 0 Å². The van der Waals surface area contributed by atoms with Crippen LogP contribution in [0.2, 0.25) is 0 Å². The molecule has 3 rings (SSSR count). The van der Waals surface area contributed by atoms with Gasteiger partial charge < -0.3 is 4.98 Å². The van der Waals surface area contributed by atoms with Crippen molar-refractivity contribution in [2.45, 2.75) is 26.3 Å². The Morgan fingerprint density at radius 1 is 1.26 bits per heavy atom. The molecule has 19 heavy (non-hydrogen) atoms. The van der Waals surface area contributed by atoms with Gasteiger partial charge >= 0.3 is 0 Å². The number of hydrogen-bond donors (Lipinski definition) is 1. The maximum atomic E-state index is 11.9. The van der Waals surface area contributed by atoms with Crippen LogP contribution in [0.5, 0.6) is 0 Å².